The lowest BCUT2D eigenvalue weighted by molar-refractivity contribution is -0.0274. The lowest BCUT2D eigenvalue weighted by Gasteiger charge is -2.49. The number of carbonyl (C=O) groups is 1. The van der Waals surface area contributed by atoms with Gasteiger partial charge in [0.2, 0.25) is 5.28 Å². The maximum Gasteiger partial charge on any atom is 0.410 e. The third kappa shape index (κ3) is 3.65. The second-order valence-corrected chi connectivity index (χ2v) is 7.75. The molecule has 1 amide bonds. The lowest BCUT2D eigenvalue weighted by Crippen LogP contribution is -2.64. The molecule has 2 aromatic heterocycles. The third-order valence-corrected chi connectivity index (χ3v) is 4.37. The van der Waals surface area contributed by atoms with Crippen molar-refractivity contribution in [3.63, 3.8) is 0 Å². The summed E-state index contributed by atoms with van der Waals surface area (Å²) in [5.74, 6) is 0. The van der Waals surface area contributed by atoms with Crippen LogP contribution in [-0.2, 0) is 10.3 Å². The van der Waals surface area contributed by atoms with Gasteiger partial charge in [-0.05, 0) is 44.5 Å². The molecule has 1 aliphatic rings. The van der Waals surface area contributed by atoms with Crippen LogP contribution in [0, 0.1) is 11.3 Å². The van der Waals surface area contributed by atoms with Crippen LogP contribution in [0.25, 0.3) is 11.3 Å². The monoisotopic (exact) mass is 373 g/mol. The molecule has 0 saturated carbocycles. The number of nitrogens with zero attached hydrogens (tertiary/aromatic N) is 5. The summed E-state index contributed by atoms with van der Waals surface area (Å²) in [6.07, 6.45) is 5.35. The fraction of sp³-hybridized carbons (Fsp3) is 0.444. The Labute approximate surface area is 157 Å². The van der Waals surface area contributed by atoms with Gasteiger partial charge in [0.15, 0.2) is 0 Å². The van der Waals surface area contributed by atoms with Crippen molar-refractivity contribution in [3.8, 4) is 17.3 Å². The molecular weight excluding hydrogens is 354 g/mol. The van der Waals surface area contributed by atoms with Gasteiger partial charge in [0, 0.05) is 24.2 Å². The van der Waals surface area contributed by atoms with Crippen LogP contribution in [0.5, 0.6) is 0 Å². The second-order valence-electron chi connectivity index (χ2n) is 7.41. The Morgan fingerprint density at radius 1 is 1.42 bits per heavy atom. The molecule has 0 spiro atoms. The van der Waals surface area contributed by atoms with Crippen molar-refractivity contribution >= 4 is 17.7 Å². The normalized spacial score (nSPS) is 15.9. The van der Waals surface area contributed by atoms with Gasteiger partial charge < -0.3 is 14.2 Å². The minimum atomic E-state index is -0.544. The molecule has 8 heteroatoms. The topological polar surface area (TPSA) is 84.0 Å². The molecular formula is C18H20ClN5O2. The Bertz CT molecular complexity index is 859. The van der Waals surface area contributed by atoms with Gasteiger partial charge in [-0.25, -0.2) is 14.8 Å². The van der Waals surface area contributed by atoms with Crippen molar-refractivity contribution in [2.75, 3.05) is 13.1 Å². The van der Waals surface area contributed by atoms with Crippen molar-refractivity contribution in [2.45, 2.75) is 38.3 Å². The lowest BCUT2D eigenvalue weighted by atomic mass is 9.86. The number of hydrogen-bond donors (Lipinski definition) is 0. The third-order valence-electron chi connectivity index (χ3n) is 4.19. The van der Waals surface area contributed by atoms with Gasteiger partial charge in [0.1, 0.15) is 5.60 Å². The Hall–Kier alpha value is -2.59. The highest BCUT2D eigenvalue weighted by Gasteiger charge is 2.47. The Morgan fingerprint density at radius 3 is 2.77 bits per heavy atom. The summed E-state index contributed by atoms with van der Waals surface area (Å²) in [5, 5.41) is 9.45. The summed E-state index contributed by atoms with van der Waals surface area (Å²) in [7, 11) is 0. The van der Waals surface area contributed by atoms with E-state index in [0.29, 0.717) is 25.2 Å². The SMILES string of the molecule is CC(C)(C)OC(=O)N1CC(CC#N)(n2ccc(-c3ccnc(Cl)n3)c2)C1. The number of halogens is 1. The number of rotatable bonds is 3. The molecule has 0 radical (unpaired) electrons. The quantitative estimate of drug-likeness (QED) is 0.769. The van der Waals surface area contributed by atoms with E-state index in [0.717, 1.165) is 5.56 Å². The summed E-state index contributed by atoms with van der Waals surface area (Å²) >= 11 is 5.86. The molecule has 26 heavy (non-hydrogen) atoms. The number of hydrogen-bond acceptors (Lipinski definition) is 5. The van der Waals surface area contributed by atoms with E-state index in [9.17, 15) is 10.1 Å². The van der Waals surface area contributed by atoms with Crippen LogP contribution in [0.15, 0.2) is 30.7 Å². The molecule has 1 aliphatic heterocycles. The van der Waals surface area contributed by atoms with Crippen LogP contribution < -0.4 is 0 Å². The summed E-state index contributed by atoms with van der Waals surface area (Å²) < 4.78 is 7.37. The molecule has 0 aliphatic carbocycles. The first-order valence-electron chi connectivity index (χ1n) is 8.25. The van der Waals surface area contributed by atoms with Gasteiger partial charge in [0.25, 0.3) is 0 Å². The van der Waals surface area contributed by atoms with E-state index in [1.165, 1.54) is 0 Å². The summed E-state index contributed by atoms with van der Waals surface area (Å²) in [6.45, 7) is 6.34. The highest BCUT2D eigenvalue weighted by molar-refractivity contribution is 6.28. The van der Waals surface area contributed by atoms with E-state index in [2.05, 4.69) is 16.0 Å². The van der Waals surface area contributed by atoms with Gasteiger partial charge in [-0.1, -0.05) is 0 Å². The molecule has 3 rings (SSSR count). The smallest absolute Gasteiger partial charge is 0.410 e. The van der Waals surface area contributed by atoms with Crippen molar-refractivity contribution in [3.05, 3.63) is 36.0 Å². The molecule has 1 saturated heterocycles. The molecule has 1 fully saturated rings. The van der Waals surface area contributed by atoms with E-state index in [1.807, 2.05) is 43.8 Å². The first-order chi connectivity index (χ1) is 12.2. The minimum absolute atomic E-state index is 0.182. The van der Waals surface area contributed by atoms with E-state index in [4.69, 9.17) is 16.3 Å². The van der Waals surface area contributed by atoms with Crippen molar-refractivity contribution in [2.24, 2.45) is 0 Å². The highest BCUT2D eigenvalue weighted by Crippen LogP contribution is 2.35. The maximum atomic E-state index is 12.2. The predicted octanol–water partition coefficient (Wildman–Crippen LogP) is 3.46. The van der Waals surface area contributed by atoms with E-state index < -0.39 is 11.1 Å². The van der Waals surface area contributed by atoms with Crippen LogP contribution in [-0.4, -0.2) is 44.2 Å². The average Bonchev–Trinajstić information content (AvgIpc) is 2.98. The number of likely N-dealkylation sites (tertiary alicyclic amines) is 1. The molecule has 2 aromatic rings. The average molecular weight is 374 g/mol. The van der Waals surface area contributed by atoms with Crippen LogP contribution in [0.1, 0.15) is 27.2 Å². The van der Waals surface area contributed by atoms with Gasteiger partial charge in [-0.15, -0.1) is 0 Å². The summed E-state index contributed by atoms with van der Waals surface area (Å²) in [5.41, 5.74) is 0.583. The van der Waals surface area contributed by atoms with E-state index in [-0.39, 0.29) is 11.4 Å². The Balaban J connectivity index is 1.78. The molecule has 7 nitrogen and oxygen atoms in total. The zero-order chi connectivity index (χ0) is 18.9. The molecule has 0 bridgehead atoms. The van der Waals surface area contributed by atoms with Crippen LogP contribution >= 0.6 is 11.6 Å². The first-order valence-corrected chi connectivity index (χ1v) is 8.62. The van der Waals surface area contributed by atoms with Gasteiger partial charge in [-0.3, -0.25) is 0 Å². The fourth-order valence-corrected chi connectivity index (χ4v) is 3.12. The van der Waals surface area contributed by atoms with Crippen LogP contribution in [0.4, 0.5) is 4.79 Å². The number of nitriles is 1. The van der Waals surface area contributed by atoms with E-state index in [1.54, 1.807) is 17.2 Å². The minimum Gasteiger partial charge on any atom is -0.444 e. The molecule has 136 valence electrons. The largest absolute Gasteiger partial charge is 0.444 e. The summed E-state index contributed by atoms with van der Waals surface area (Å²) in [4.78, 5) is 21.9. The zero-order valence-electron chi connectivity index (χ0n) is 14.9. The van der Waals surface area contributed by atoms with Crippen LogP contribution in [0.2, 0.25) is 5.28 Å². The molecule has 0 atom stereocenters. The second kappa shape index (κ2) is 6.61. The van der Waals surface area contributed by atoms with E-state index >= 15 is 0 Å². The van der Waals surface area contributed by atoms with Gasteiger partial charge >= 0.3 is 6.09 Å². The molecule has 0 unspecified atom stereocenters. The van der Waals surface area contributed by atoms with Crippen molar-refractivity contribution in [1.29, 1.82) is 5.26 Å². The molecule has 0 aromatic carbocycles. The number of aromatic nitrogens is 3. The maximum absolute atomic E-state index is 12.2. The van der Waals surface area contributed by atoms with Crippen molar-refractivity contribution in [1.82, 2.24) is 19.4 Å². The Morgan fingerprint density at radius 2 is 2.15 bits per heavy atom. The van der Waals surface area contributed by atoms with Crippen LogP contribution in [0.3, 0.4) is 0 Å². The first kappa shape index (κ1) is 18.2. The fourth-order valence-electron chi connectivity index (χ4n) is 2.97. The molecule has 3 heterocycles. The Kier molecular flexibility index (Phi) is 4.63. The summed E-state index contributed by atoms with van der Waals surface area (Å²) in [6, 6.07) is 5.91. The standard InChI is InChI=1S/C18H20ClN5O2/c1-17(2,3)26-16(25)23-11-18(12-23,6-7-20)24-9-5-13(10-24)14-4-8-21-15(19)22-14/h4-5,8-10H,6,11-12H2,1-3H3. The number of ether oxygens (including phenoxy) is 1. The van der Waals surface area contributed by atoms with Crippen molar-refractivity contribution < 1.29 is 9.53 Å². The van der Waals surface area contributed by atoms with Gasteiger partial charge in [0.05, 0.1) is 36.8 Å². The van der Waals surface area contributed by atoms with Gasteiger partial charge in [-0.2, -0.15) is 5.26 Å². The number of carbonyl (C=O) groups excluding carboxylic acids is 1. The zero-order valence-corrected chi connectivity index (χ0v) is 15.7. The number of amides is 1. The highest BCUT2D eigenvalue weighted by atomic mass is 35.5. The predicted molar refractivity (Wildman–Crippen MR) is 96.5 cm³/mol. The molecule has 0 N–H and O–H groups in total.